The fraction of sp³-hybridized carbons (Fsp3) is 0. The number of carbonyl (C=O) groups excluding carboxylic acids is 1. The molecule has 0 amide bonds. The second kappa shape index (κ2) is 4.37. The van der Waals surface area contributed by atoms with E-state index < -0.39 is 5.82 Å². The first-order valence-electron chi connectivity index (χ1n) is 4.45. The molecule has 1 aromatic heterocycles. The van der Waals surface area contributed by atoms with E-state index in [2.05, 4.69) is 9.97 Å². The van der Waals surface area contributed by atoms with Crippen LogP contribution in [0.25, 0.3) is 0 Å². The lowest BCUT2D eigenvalue weighted by Crippen LogP contribution is -2.04. The summed E-state index contributed by atoms with van der Waals surface area (Å²) >= 11 is 5.56. The SMILES string of the molecule is O=C(c1cccc(F)c1)c1ccnc(Cl)n1. The predicted molar refractivity (Wildman–Crippen MR) is 56.9 cm³/mol. The Bertz CT molecular complexity index is 498. The van der Waals surface area contributed by atoms with Crippen molar-refractivity contribution in [3.05, 3.63) is 58.9 Å². The quantitative estimate of drug-likeness (QED) is 0.594. The molecule has 0 saturated carbocycles. The summed E-state index contributed by atoms with van der Waals surface area (Å²) in [7, 11) is 0. The van der Waals surface area contributed by atoms with Crippen molar-refractivity contribution in [2.24, 2.45) is 0 Å². The number of benzene rings is 1. The summed E-state index contributed by atoms with van der Waals surface area (Å²) in [6, 6.07) is 6.83. The summed E-state index contributed by atoms with van der Waals surface area (Å²) in [6.45, 7) is 0. The highest BCUT2D eigenvalue weighted by Gasteiger charge is 2.11. The Morgan fingerprint density at radius 2 is 2.12 bits per heavy atom. The standard InChI is InChI=1S/C11H6ClFN2O/c12-11-14-5-4-9(15-11)10(16)7-2-1-3-8(13)6-7/h1-6H. The van der Waals surface area contributed by atoms with E-state index in [1.807, 2.05) is 0 Å². The Balaban J connectivity index is 2.39. The highest BCUT2D eigenvalue weighted by Crippen LogP contribution is 2.10. The molecule has 1 aromatic carbocycles. The molecule has 0 aliphatic carbocycles. The van der Waals surface area contributed by atoms with Crippen molar-refractivity contribution in [2.45, 2.75) is 0 Å². The van der Waals surface area contributed by atoms with Crippen LogP contribution in [0.5, 0.6) is 0 Å². The molecule has 0 aliphatic heterocycles. The van der Waals surface area contributed by atoms with E-state index in [-0.39, 0.29) is 22.3 Å². The minimum absolute atomic E-state index is 0.0118. The molecule has 0 saturated heterocycles. The van der Waals surface area contributed by atoms with E-state index >= 15 is 0 Å². The molecule has 0 bridgehead atoms. The van der Waals surface area contributed by atoms with Gasteiger partial charge in [0.2, 0.25) is 11.1 Å². The number of nitrogens with zero attached hydrogens (tertiary/aromatic N) is 2. The van der Waals surface area contributed by atoms with Crippen LogP contribution < -0.4 is 0 Å². The molecule has 2 aromatic rings. The van der Waals surface area contributed by atoms with Gasteiger partial charge >= 0.3 is 0 Å². The van der Waals surface area contributed by atoms with E-state index in [9.17, 15) is 9.18 Å². The molecule has 1 heterocycles. The van der Waals surface area contributed by atoms with Crippen molar-refractivity contribution in [1.82, 2.24) is 9.97 Å². The Labute approximate surface area is 95.9 Å². The first-order chi connectivity index (χ1) is 7.66. The Kier molecular flexibility index (Phi) is 2.92. The normalized spacial score (nSPS) is 10.1. The lowest BCUT2D eigenvalue weighted by molar-refractivity contribution is 0.103. The number of aromatic nitrogens is 2. The van der Waals surface area contributed by atoms with E-state index in [1.165, 1.54) is 30.5 Å². The van der Waals surface area contributed by atoms with Gasteiger partial charge in [-0.1, -0.05) is 12.1 Å². The number of rotatable bonds is 2. The topological polar surface area (TPSA) is 42.9 Å². The zero-order valence-electron chi connectivity index (χ0n) is 8.02. The zero-order valence-corrected chi connectivity index (χ0v) is 8.78. The second-order valence-electron chi connectivity index (χ2n) is 3.05. The molecular formula is C11H6ClFN2O. The number of ketones is 1. The number of carbonyl (C=O) groups is 1. The Morgan fingerprint density at radius 1 is 1.31 bits per heavy atom. The molecule has 0 spiro atoms. The van der Waals surface area contributed by atoms with Gasteiger partial charge in [0.05, 0.1) is 0 Å². The van der Waals surface area contributed by atoms with Crippen LogP contribution in [0.2, 0.25) is 5.28 Å². The van der Waals surface area contributed by atoms with E-state index in [4.69, 9.17) is 11.6 Å². The zero-order chi connectivity index (χ0) is 11.5. The van der Waals surface area contributed by atoms with Crippen LogP contribution in [-0.4, -0.2) is 15.8 Å². The maximum atomic E-state index is 12.9. The summed E-state index contributed by atoms with van der Waals surface area (Å²) in [6.07, 6.45) is 1.38. The molecule has 0 N–H and O–H groups in total. The minimum atomic E-state index is -0.467. The van der Waals surface area contributed by atoms with E-state index in [0.717, 1.165) is 6.07 Å². The van der Waals surface area contributed by atoms with Gasteiger partial charge < -0.3 is 0 Å². The first kappa shape index (κ1) is 10.7. The summed E-state index contributed by atoms with van der Waals surface area (Å²) in [5, 5.41) is -0.0118. The lowest BCUT2D eigenvalue weighted by atomic mass is 10.1. The average Bonchev–Trinajstić information content (AvgIpc) is 2.28. The van der Waals surface area contributed by atoms with Crippen LogP contribution in [0.15, 0.2) is 36.5 Å². The molecule has 0 unspecified atom stereocenters. The summed E-state index contributed by atoms with van der Waals surface area (Å²) in [4.78, 5) is 19.3. The highest BCUT2D eigenvalue weighted by molar-refractivity contribution is 6.28. The van der Waals surface area contributed by atoms with Gasteiger partial charge in [-0.15, -0.1) is 0 Å². The van der Waals surface area contributed by atoms with E-state index in [1.54, 1.807) is 0 Å². The predicted octanol–water partition coefficient (Wildman–Crippen LogP) is 2.50. The van der Waals surface area contributed by atoms with Gasteiger partial charge in [0, 0.05) is 11.8 Å². The fourth-order valence-electron chi connectivity index (χ4n) is 1.24. The van der Waals surface area contributed by atoms with Gasteiger partial charge in [0.25, 0.3) is 0 Å². The molecule has 16 heavy (non-hydrogen) atoms. The molecule has 3 nitrogen and oxygen atoms in total. The van der Waals surface area contributed by atoms with Gasteiger partial charge in [-0.25, -0.2) is 14.4 Å². The number of halogens is 2. The van der Waals surface area contributed by atoms with Gasteiger partial charge in [-0.3, -0.25) is 4.79 Å². The van der Waals surface area contributed by atoms with Crippen molar-refractivity contribution in [3.8, 4) is 0 Å². The monoisotopic (exact) mass is 236 g/mol. The number of hydrogen-bond donors (Lipinski definition) is 0. The van der Waals surface area contributed by atoms with E-state index in [0.29, 0.717) is 0 Å². The van der Waals surface area contributed by atoms with Crippen molar-refractivity contribution in [2.75, 3.05) is 0 Å². The lowest BCUT2D eigenvalue weighted by Gasteiger charge is -2.00. The third kappa shape index (κ3) is 2.23. The first-order valence-corrected chi connectivity index (χ1v) is 4.83. The molecular weight excluding hydrogens is 231 g/mol. The molecule has 5 heteroatoms. The van der Waals surface area contributed by atoms with Crippen LogP contribution in [0.3, 0.4) is 0 Å². The Morgan fingerprint density at radius 3 is 2.81 bits per heavy atom. The molecule has 0 radical (unpaired) electrons. The van der Waals surface area contributed by atoms with Crippen LogP contribution in [0.4, 0.5) is 4.39 Å². The second-order valence-corrected chi connectivity index (χ2v) is 3.39. The average molecular weight is 237 g/mol. The maximum absolute atomic E-state index is 12.9. The van der Waals surface area contributed by atoms with Gasteiger partial charge in [0.15, 0.2) is 0 Å². The maximum Gasteiger partial charge on any atom is 0.222 e. The molecule has 0 atom stereocenters. The van der Waals surface area contributed by atoms with Crippen molar-refractivity contribution >= 4 is 17.4 Å². The summed E-state index contributed by atoms with van der Waals surface area (Å²) in [5.41, 5.74) is 0.375. The van der Waals surface area contributed by atoms with Crippen molar-refractivity contribution < 1.29 is 9.18 Å². The molecule has 0 fully saturated rings. The fourth-order valence-corrected chi connectivity index (χ4v) is 1.39. The van der Waals surface area contributed by atoms with Crippen molar-refractivity contribution in [1.29, 1.82) is 0 Å². The van der Waals surface area contributed by atoms with Gasteiger partial charge in [0.1, 0.15) is 11.5 Å². The van der Waals surface area contributed by atoms with Crippen LogP contribution in [-0.2, 0) is 0 Å². The van der Waals surface area contributed by atoms with Crippen LogP contribution in [0.1, 0.15) is 16.1 Å². The smallest absolute Gasteiger partial charge is 0.222 e. The summed E-state index contributed by atoms with van der Waals surface area (Å²) < 4.78 is 12.9. The summed E-state index contributed by atoms with van der Waals surface area (Å²) in [5.74, 6) is -0.852. The van der Waals surface area contributed by atoms with Gasteiger partial charge in [-0.05, 0) is 29.8 Å². The third-order valence-electron chi connectivity index (χ3n) is 1.95. The largest absolute Gasteiger partial charge is 0.287 e. The van der Waals surface area contributed by atoms with Crippen molar-refractivity contribution in [3.63, 3.8) is 0 Å². The Hall–Kier alpha value is -1.81. The third-order valence-corrected chi connectivity index (χ3v) is 2.13. The van der Waals surface area contributed by atoms with Gasteiger partial charge in [-0.2, -0.15) is 0 Å². The van der Waals surface area contributed by atoms with Crippen LogP contribution >= 0.6 is 11.6 Å². The molecule has 80 valence electrons. The molecule has 0 aliphatic rings. The highest BCUT2D eigenvalue weighted by atomic mass is 35.5. The molecule has 2 rings (SSSR count). The van der Waals surface area contributed by atoms with Crippen LogP contribution in [0, 0.1) is 5.82 Å². The number of hydrogen-bond acceptors (Lipinski definition) is 3. The minimum Gasteiger partial charge on any atom is -0.287 e.